The largest absolute Gasteiger partial charge is 0.480 e. The minimum Gasteiger partial charge on any atom is -0.480 e. The molecule has 0 aromatic rings. The van der Waals surface area contributed by atoms with E-state index >= 15 is 0 Å². The number of hydrogen-bond donors (Lipinski definition) is 3. The van der Waals surface area contributed by atoms with Gasteiger partial charge in [0.15, 0.2) is 12.4 Å². The molecule has 0 bridgehead atoms. The van der Waals surface area contributed by atoms with Crippen molar-refractivity contribution in [1.29, 1.82) is 0 Å². The van der Waals surface area contributed by atoms with Gasteiger partial charge < -0.3 is 20.3 Å². The number of Topliss-reactive ketones (excluding diaryl/α,β-unsaturated/α-hetero) is 1. The molecular weight excluding hydrogens is 514 g/mol. The van der Waals surface area contributed by atoms with Gasteiger partial charge in [0.25, 0.3) is 0 Å². The fourth-order valence-electron chi connectivity index (χ4n) is 8.52. The van der Waals surface area contributed by atoms with Crippen LogP contribution < -0.4 is 5.32 Å². The van der Waals surface area contributed by atoms with Crippen molar-refractivity contribution in [3.05, 3.63) is 11.6 Å². The molecule has 3 fully saturated rings. The summed E-state index contributed by atoms with van der Waals surface area (Å²) >= 11 is 0. The van der Waals surface area contributed by atoms with Gasteiger partial charge in [-0.15, -0.1) is 0 Å². The number of allylic oxidation sites excluding steroid dienone is 1. The van der Waals surface area contributed by atoms with Gasteiger partial charge in [0, 0.05) is 18.3 Å². The molecule has 4 aliphatic carbocycles. The molecule has 3 saturated carbocycles. The van der Waals surface area contributed by atoms with Crippen LogP contribution in [0.4, 0.5) is 0 Å². The lowest BCUT2D eigenvalue weighted by Gasteiger charge is -2.58. The van der Waals surface area contributed by atoms with Gasteiger partial charge in [-0.2, -0.15) is 0 Å². The SMILES string of the molecule is CC[C@H](C)[C@H](NC(=O)CCC(=O)OCC(=O)[C@@]1(O)CC[C@H]2[C@@H]3CCC4=CC(=O)CC[C@]4(C)[C@H]3CC[C@@]21C)C(=O)O. The van der Waals surface area contributed by atoms with Crippen LogP contribution in [0.1, 0.15) is 98.3 Å². The van der Waals surface area contributed by atoms with E-state index in [2.05, 4.69) is 12.2 Å². The monoisotopic (exact) mass is 559 g/mol. The molecule has 0 aliphatic heterocycles. The highest BCUT2D eigenvalue weighted by Gasteiger charge is 2.66. The van der Waals surface area contributed by atoms with Crippen molar-refractivity contribution in [2.75, 3.05) is 6.61 Å². The number of carboxylic acids is 1. The van der Waals surface area contributed by atoms with Gasteiger partial charge >= 0.3 is 11.9 Å². The van der Waals surface area contributed by atoms with Crippen LogP contribution in [0.2, 0.25) is 0 Å². The van der Waals surface area contributed by atoms with Crippen LogP contribution in [-0.2, 0) is 28.7 Å². The number of ketones is 2. The average molecular weight is 560 g/mol. The summed E-state index contributed by atoms with van der Waals surface area (Å²) in [6.07, 6.45) is 7.87. The van der Waals surface area contributed by atoms with E-state index in [1.54, 1.807) is 6.92 Å². The minimum absolute atomic E-state index is 0.00373. The van der Waals surface area contributed by atoms with E-state index in [1.807, 2.05) is 19.9 Å². The summed E-state index contributed by atoms with van der Waals surface area (Å²) in [6.45, 7) is 7.31. The normalized spacial score (nSPS) is 36.3. The van der Waals surface area contributed by atoms with Crippen LogP contribution in [0.5, 0.6) is 0 Å². The highest BCUT2D eigenvalue weighted by Crippen LogP contribution is 2.67. The zero-order valence-corrected chi connectivity index (χ0v) is 24.3. The zero-order valence-electron chi connectivity index (χ0n) is 24.3. The first-order valence-corrected chi connectivity index (χ1v) is 14.9. The van der Waals surface area contributed by atoms with Gasteiger partial charge in [-0.25, -0.2) is 4.79 Å². The van der Waals surface area contributed by atoms with Gasteiger partial charge in [-0.05, 0) is 80.1 Å². The quantitative estimate of drug-likeness (QED) is 0.343. The number of carboxylic acid groups (broad SMARTS) is 1. The third-order valence-electron chi connectivity index (χ3n) is 11.3. The molecule has 3 N–H and O–H groups in total. The molecule has 0 aromatic carbocycles. The number of fused-ring (bicyclic) bond motifs is 5. The molecule has 1 amide bonds. The lowest BCUT2D eigenvalue weighted by Crippen LogP contribution is -2.58. The predicted molar refractivity (Wildman–Crippen MR) is 146 cm³/mol. The number of amides is 1. The molecule has 0 unspecified atom stereocenters. The van der Waals surface area contributed by atoms with Crippen LogP contribution in [0, 0.1) is 34.5 Å². The third kappa shape index (κ3) is 5.26. The second-order valence-electron chi connectivity index (χ2n) is 13.2. The van der Waals surface area contributed by atoms with Crippen molar-refractivity contribution in [1.82, 2.24) is 5.32 Å². The molecule has 222 valence electrons. The maximum atomic E-state index is 13.4. The molecule has 40 heavy (non-hydrogen) atoms. The Kier molecular flexibility index (Phi) is 8.65. The standard InChI is InChI=1S/C31H45NO8/c1-5-18(2)27(28(37)38)32-25(35)8-9-26(36)40-17-24(34)31(39)15-12-23-21-7-6-19-16-20(33)10-13-29(19,3)22(21)11-14-30(23,31)4/h16,18,21-23,27,39H,5-15,17H2,1-4H3,(H,32,35)(H,37,38)/t18-,21+,22-,23-,27-,29-,30-,31-/m0/s1. The minimum atomic E-state index is -1.58. The number of hydrogen-bond acceptors (Lipinski definition) is 7. The summed E-state index contributed by atoms with van der Waals surface area (Å²) in [5, 5.41) is 23.6. The summed E-state index contributed by atoms with van der Waals surface area (Å²) in [5.41, 5.74) is -0.910. The molecule has 9 nitrogen and oxygen atoms in total. The lowest BCUT2D eigenvalue weighted by atomic mass is 9.46. The summed E-state index contributed by atoms with van der Waals surface area (Å²) in [5.74, 6) is -1.99. The summed E-state index contributed by atoms with van der Waals surface area (Å²) in [6, 6.07) is -1.04. The van der Waals surface area contributed by atoms with Gasteiger partial charge in [-0.1, -0.05) is 39.7 Å². The van der Waals surface area contributed by atoms with Gasteiger partial charge in [0.05, 0.1) is 6.42 Å². The first kappa shape index (κ1) is 30.4. The third-order valence-corrected chi connectivity index (χ3v) is 11.3. The Morgan fingerprint density at radius 3 is 2.42 bits per heavy atom. The molecule has 4 aliphatic rings. The van der Waals surface area contributed by atoms with E-state index in [1.165, 1.54) is 5.57 Å². The van der Waals surface area contributed by atoms with Crippen LogP contribution in [0.15, 0.2) is 11.6 Å². The zero-order chi connectivity index (χ0) is 29.5. The molecule has 0 saturated heterocycles. The Morgan fingerprint density at radius 1 is 1.05 bits per heavy atom. The van der Waals surface area contributed by atoms with Crippen molar-refractivity contribution in [3.63, 3.8) is 0 Å². The van der Waals surface area contributed by atoms with E-state index in [0.29, 0.717) is 37.5 Å². The summed E-state index contributed by atoms with van der Waals surface area (Å²) < 4.78 is 5.20. The topological polar surface area (TPSA) is 147 Å². The van der Waals surface area contributed by atoms with Crippen LogP contribution >= 0.6 is 0 Å². The van der Waals surface area contributed by atoms with Crippen molar-refractivity contribution < 1.29 is 38.9 Å². The molecule has 0 spiro atoms. The van der Waals surface area contributed by atoms with Crippen LogP contribution in [0.3, 0.4) is 0 Å². The Balaban J connectivity index is 1.33. The molecule has 4 rings (SSSR count). The van der Waals surface area contributed by atoms with Crippen LogP contribution in [0.25, 0.3) is 0 Å². The van der Waals surface area contributed by atoms with E-state index in [4.69, 9.17) is 4.74 Å². The fourth-order valence-corrected chi connectivity index (χ4v) is 8.52. The Labute approximate surface area is 236 Å². The van der Waals surface area contributed by atoms with Crippen molar-refractivity contribution >= 4 is 29.4 Å². The maximum Gasteiger partial charge on any atom is 0.326 e. The lowest BCUT2D eigenvalue weighted by molar-refractivity contribution is -0.170. The highest BCUT2D eigenvalue weighted by atomic mass is 16.5. The number of nitrogens with one attached hydrogen (secondary N) is 1. The first-order chi connectivity index (χ1) is 18.8. The Morgan fingerprint density at radius 2 is 1.75 bits per heavy atom. The van der Waals surface area contributed by atoms with E-state index in [-0.39, 0.29) is 35.9 Å². The first-order valence-electron chi connectivity index (χ1n) is 14.9. The second-order valence-corrected chi connectivity index (χ2v) is 13.2. The van der Waals surface area contributed by atoms with Gasteiger partial charge in [-0.3, -0.25) is 19.2 Å². The summed E-state index contributed by atoms with van der Waals surface area (Å²) in [7, 11) is 0. The molecule has 0 aromatic heterocycles. The second kappa shape index (κ2) is 11.4. The molecule has 0 heterocycles. The number of aliphatic carboxylic acids is 1. The Bertz CT molecular complexity index is 1100. The van der Waals surface area contributed by atoms with Crippen molar-refractivity contribution in [3.8, 4) is 0 Å². The smallest absolute Gasteiger partial charge is 0.326 e. The number of carbonyl (C=O) groups is 5. The van der Waals surface area contributed by atoms with Crippen molar-refractivity contribution in [2.24, 2.45) is 34.5 Å². The van der Waals surface area contributed by atoms with Gasteiger partial charge in [0.2, 0.25) is 11.7 Å². The van der Waals surface area contributed by atoms with E-state index in [9.17, 15) is 34.2 Å². The van der Waals surface area contributed by atoms with Crippen LogP contribution in [-0.4, -0.2) is 57.9 Å². The number of aliphatic hydroxyl groups is 1. The Hall–Kier alpha value is -2.55. The van der Waals surface area contributed by atoms with Crippen molar-refractivity contribution in [2.45, 2.75) is 110 Å². The number of esters is 1. The number of ether oxygens (including phenoxy) is 1. The fraction of sp³-hybridized carbons (Fsp3) is 0.774. The van der Waals surface area contributed by atoms with E-state index in [0.717, 1.165) is 32.1 Å². The average Bonchev–Trinajstić information content (AvgIpc) is 3.20. The molecule has 8 atom stereocenters. The summed E-state index contributed by atoms with van der Waals surface area (Å²) in [4.78, 5) is 61.4. The van der Waals surface area contributed by atoms with Gasteiger partial charge in [0.1, 0.15) is 11.6 Å². The molecule has 9 heteroatoms. The highest BCUT2D eigenvalue weighted by molar-refractivity contribution is 5.92. The predicted octanol–water partition coefficient (Wildman–Crippen LogP) is 3.76. The maximum absolute atomic E-state index is 13.4. The number of rotatable bonds is 10. The molecular formula is C31H45NO8. The molecule has 0 radical (unpaired) electrons. The van der Waals surface area contributed by atoms with E-state index < -0.39 is 47.3 Å². The number of carbonyl (C=O) groups excluding carboxylic acids is 4.